The Morgan fingerprint density at radius 2 is 1.64 bits per heavy atom. The summed E-state index contributed by atoms with van der Waals surface area (Å²) in [7, 11) is -3.43. The Morgan fingerprint density at radius 1 is 1.21 bits per heavy atom. The normalized spacial score (nSPS) is 16.3. The van der Waals surface area contributed by atoms with Gasteiger partial charge in [0, 0.05) is 0 Å². The second kappa shape index (κ2) is 3.25. The van der Waals surface area contributed by atoms with Gasteiger partial charge in [0.25, 0.3) is 0 Å². The van der Waals surface area contributed by atoms with E-state index in [1.165, 1.54) is 0 Å². The Morgan fingerprint density at radius 3 is 1.93 bits per heavy atom. The van der Waals surface area contributed by atoms with Gasteiger partial charge in [-0.1, -0.05) is 0 Å². The fraction of sp³-hybridized carbons (Fsp3) is 0.143. The van der Waals surface area contributed by atoms with Crippen LogP contribution in [0.1, 0.15) is 5.56 Å². The van der Waals surface area contributed by atoms with Crippen LogP contribution in [-0.4, -0.2) is 4.21 Å². The summed E-state index contributed by atoms with van der Waals surface area (Å²) in [5.74, 6) is 0. The molecule has 0 heterocycles. The van der Waals surface area contributed by atoms with E-state index in [1.54, 1.807) is 0 Å². The molecule has 0 aliphatic carbocycles. The van der Waals surface area contributed by atoms with Crippen LogP contribution in [0.15, 0.2) is 29.2 Å². The molecular formula is C7H7F3N2OS. The summed E-state index contributed by atoms with van der Waals surface area (Å²) < 4.78 is 54.0. The number of halogens is 3. The third-order valence-electron chi connectivity index (χ3n) is 1.53. The number of hydrogen-bond donors (Lipinski definition) is 2. The molecule has 0 amide bonds. The molecule has 3 nitrogen and oxygen atoms in total. The highest BCUT2D eigenvalue weighted by Crippen LogP contribution is 2.29. The number of hydrogen-bond acceptors (Lipinski definition) is 2. The third-order valence-corrected chi connectivity index (χ3v) is 2.50. The smallest absolute Gasteiger partial charge is 0.241 e. The van der Waals surface area contributed by atoms with Gasteiger partial charge in [0.1, 0.15) is 9.92 Å². The van der Waals surface area contributed by atoms with Crippen molar-refractivity contribution in [2.75, 3.05) is 0 Å². The lowest BCUT2D eigenvalue weighted by atomic mass is 10.2. The number of nitrogens with two attached hydrogens (primary N) is 1. The SMILES string of the molecule is N=S(N)(=O)c1ccc(C(F)(F)F)cc1. The van der Waals surface area contributed by atoms with Gasteiger partial charge in [-0.3, -0.25) is 0 Å². The maximum atomic E-state index is 12.1. The molecular weight excluding hydrogens is 217 g/mol. The van der Waals surface area contributed by atoms with Crippen molar-refractivity contribution in [3.8, 4) is 0 Å². The summed E-state index contributed by atoms with van der Waals surface area (Å²) >= 11 is 0. The summed E-state index contributed by atoms with van der Waals surface area (Å²) in [6.07, 6.45) is -4.43. The minimum Gasteiger partial charge on any atom is -0.241 e. The maximum Gasteiger partial charge on any atom is 0.416 e. The van der Waals surface area contributed by atoms with Crippen LogP contribution < -0.4 is 5.14 Å². The number of rotatable bonds is 1. The van der Waals surface area contributed by atoms with E-state index >= 15 is 0 Å². The molecule has 0 fully saturated rings. The monoisotopic (exact) mass is 224 g/mol. The fourth-order valence-electron chi connectivity index (χ4n) is 0.846. The molecule has 1 unspecified atom stereocenters. The van der Waals surface area contributed by atoms with Crippen molar-refractivity contribution in [3.63, 3.8) is 0 Å². The fourth-order valence-corrected chi connectivity index (χ4v) is 1.39. The van der Waals surface area contributed by atoms with Crippen LogP contribution in [0.4, 0.5) is 13.2 Å². The van der Waals surface area contributed by atoms with E-state index in [1.807, 2.05) is 0 Å². The van der Waals surface area contributed by atoms with E-state index in [9.17, 15) is 17.4 Å². The van der Waals surface area contributed by atoms with Crippen LogP contribution in [0, 0.1) is 4.78 Å². The van der Waals surface area contributed by atoms with Crippen molar-refractivity contribution in [1.82, 2.24) is 0 Å². The first-order chi connectivity index (χ1) is 6.21. The van der Waals surface area contributed by atoms with E-state index in [4.69, 9.17) is 9.92 Å². The third kappa shape index (κ3) is 2.46. The second-order valence-corrected chi connectivity index (χ2v) is 4.30. The summed E-state index contributed by atoms with van der Waals surface area (Å²) in [6, 6.07) is 3.38. The largest absolute Gasteiger partial charge is 0.416 e. The van der Waals surface area contributed by atoms with Gasteiger partial charge in [-0.05, 0) is 24.3 Å². The molecule has 0 spiro atoms. The molecule has 0 bridgehead atoms. The van der Waals surface area contributed by atoms with Crippen LogP contribution in [0.25, 0.3) is 0 Å². The minimum absolute atomic E-state index is 0.120. The quantitative estimate of drug-likeness (QED) is 0.752. The van der Waals surface area contributed by atoms with Crippen LogP contribution >= 0.6 is 0 Å². The van der Waals surface area contributed by atoms with Crippen molar-refractivity contribution in [3.05, 3.63) is 29.8 Å². The molecule has 0 saturated heterocycles. The van der Waals surface area contributed by atoms with E-state index in [0.717, 1.165) is 24.3 Å². The zero-order valence-electron chi connectivity index (χ0n) is 6.84. The molecule has 0 saturated carbocycles. The summed E-state index contributed by atoms with van der Waals surface area (Å²) in [5.41, 5.74) is -0.857. The van der Waals surface area contributed by atoms with E-state index in [-0.39, 0.29) is 4.90 Å². The topological polar surface area (TPSA) is 66.9 Å². The molecule has 0 aliphatic rings. The molecule has 0 aromatic heterocycles. The highest BCUT2D eigenvalue weighted by molar-refractivity contribution is 7.90. The number of benzene rings is 1. The Balaban J connectivity index is 3.14. The summed E-state index contributed by atoms with van der Waals surface area (Å²) in [6.45, 7) is 0. The van der Waals surface area contributed by atoms with Crippen LogP contribution in [0.2, 0.25) is 0 Å². The van der Waals surface area contributed by atoms with Crippen molar-refractivity contribution in [2.24, 2.45) is 5.14 Å². The van der Waals surface area contributed by atoms with Crippen molar-refractivity contribution < 1.29 is 17.4 Å². The zero-order valence-corrected chi connectivity index (χ0v) is 7.65. The van der Waals surface area contributed by atoms with Crippen molar-refractivity contribution in [2.45, 2.75) is 11.1 Å². The average Bonchev–Trinajstić information content (AvgIpc) is 2.01. The molecule has 1 atom stereocenters. The summed E-state index contributed by atoms with van der Waals surface area (Å²) in [4.78, 5) is -0.120. The minimum atomic E-state index is -4.43. The highest BCUT2D eigenvalue weighted by Gasteiger charge is 2.30. The van der Waals surface area contributed by atoms with Crippen LogP contribution in [-0.2, 0) is 16.1 Å². The molecule has 0 radical (unpaired) electrons. The number of alkyl halides is 3. The van der Waals surface area contributed by atoms with Gasteiger partial charge in [-0.15, -0.1) is 0 Å². The lowest BCUT2D eigenvalue weighted by Crippen LogP contribution is -2.11. The van der Waals surface area contributed by atoms with Crippen LogP contribution in [0.5, 0.6) is 0 Å². The van der Waals surface area contributed by atoms with Gasteiger partial charge < -0.3 is 0 Å². The maximum absolute atomic E-state index is 12.1. The Hall–Kier alpha value is -1.08. The van der Waals surface area contributed by atoms with Crippen LogP contribution in [0.3, 0.4) is 0 Å². The molecule has 0 aliphatic heterocycles. The van der Waals surface area contributed by atoms with Gasteiger partial charge in [0.05, 0.1) is 10.5 Å². The first-order valence-electron chi connectivity index (χ1n) is 3.45. The molecule has 3 N–H and O–H groups in total. The van der Waals surface area contributed by atoms with Crippen molar-refractivity contribution >= 4 is 9.92 Å². The molecule has 1 aromatic rings. The van der Waals surface area contributed by atoms with E-state index < -0.39 is 21.7 Å². The van der Waals surface area contributed by atoms with Gasteiger partial charge in [0.15, 0.2) is 0 Å². The Kier molecular flexibility index (Phi) is 2.55. The predicted octanol–water partition coefficient (Wildman–Crippen LogP) is 1.98. The Bertz CT molecular complexity index is 421. The summed E-state index contributed by atoms with van der Waals surface area (Å²) in [5, 5.41) is 4.93. The molecule has 78 valence electrons. The zero-order chi connectivity index (χ0) is 11.0. The van der Waals surface area contributed by atoms with Crippen molar-refractivity contribution in [1.29, 1.82) is 4.78 Å². The lowest BCUT2D eigenvalue weighted by molar-refractivity contribution is -0.137. The number of nitrogens with one attached hydrogen (secondary N) is 1. The van der Waals surface area contributed by atoms with E-state index in [0.29, 0.717) is 0 Å². The van der Waals surface area contributed by atoms with Gasteiger partial charge in [-0.2, -0.15) is 13.2 Å². The lowest BCUT2D eigenvalue weighted by Gasteiger charge is -2.07. The van der Waals surface area contributed by atoms with Gasteiger partial charge >= 0.3 is 6.18 Å². The van der Waals surface area contributed by atoms with E-state index in [2.05, 4.69) is 0 Å². The molecule has 1 aromatic carbocycles. The highest BCUT2D eigenvalue weighted by atomic mass is 32.2. The van der Waals surface area contributed by atoms with Gasteiger partial charge in [-0.25, -0.2) is 14.1 Å². The average molecular weight is 224 g/mol. The molecule has 7 heteroatoms. The second-order valence-electron chi connectivity index (χ2n) is 2.62. The Labute approximate surface area is 78.8 Å². The standard InChI is InChI=1S/C7H7F3N2OS/c8-7(9,10)5-1-3-6(4-2-5)14(11,12)13/h1-4H,(H3,11,12,13). The molecule has 1 rings (SSSR count). The van der Waals surface area contributed by atoms with Gasteiger partial charge in [0.2, 0.25) is 0 Å². The predicted molar refractivity (Wildman–Crippen MR) is 44.8 cm³/mol. The molecule has 14 heavy (non-hydrogen) atoms. The first kappa shape index (κ1) is 11.0. The first-order valence-corrected chi connectivity index (χ1v) is 5.07.